The minimum absolute atomic E-state index is 0.178. The molecule has 1 saturated carbocycles. The van der Waals surface area contributed by atoms with Crippen molar-refractivity contribution in [1.29, 1.82) is 0 Å². The van der Waals surface area contributed by atoms with Crippen molar-refractivity contribution in [2.24, 2.45) is 4.99 Å². The van der Waals surface area contributed by atoms with Crippen molar-refractivity contribution in [3.63, 3.8) is 0 Å². The van der Waals surface area contributed by atoms with E-state index in [4.69, 9.17) is 14.7 Å². The van der Waals surface area contributed by atoms with Gasteiger partial charge in [0.05, 0.1) is 46.6 Å². The van der Waals surface area contributed by atoms with Crippen LogP contribution in [0.25, 0.3) is 28.1 Å². The van der Waals surface area contributed by atoms with Gasteiger partial charge in [-0.2, -0.15) is 0 Å². The lowest BCUT2D eigenvalue weighted by atomic mass is 10.1. The fraction of sp³-hybridized carbons (Fsp3) is 0.179. The summed E-state index contributed by atoms with van der Waals surface area (Å²) in [5.41, 5.74) is 3.91. The topological polar surface area (TPSA) is 73.6 Å². The Morgan fingerprint density at radius 1 is 1.00 bits per heavy atom. The Labute approximate surface area is 219 Å². The molecule has 0 spiro atoms. The van der Waals surface area contributed by atoms with E-state index in [1.165, 1.54) is 43.5 Å². The molecule has 198 valence electrons. The summed E-state index contributed by atoms with van der Waals surface area (Å²) in [7, 11) is 1.53. The van der Waals surface area contributed by atoms with Crippen LogP contribution in [-0.4, -0.2) is 34.0 Å². The Hall–Kier alpha value is -4.67. The Morgan fingerprint density at radius 3 is 2.51 bits per heavy atom. The maximum atomic E-state index is 14.4. The molecule has 7 nitrogen and oxygen atoms in total. The highest BCUT2D eigenvalue weighted by Gasteiger charge is 2.31. The fourth-order valence-electron chi connectivity index (χ4n) is 4.34. The second-order valence-electron chi connectivity index (χ2n) is 9.03. The molecular formula is C28H21F4N5O2. The van der Waals surface area contributed by atoms with Crippen LogP contribution < -0.4 is 20.1 Å². The van der Waals surface area contributed by atoms with E-state index in [0.717, 1.165) is 12.8 Å². The van der Waals surface area contributed by atoms with E-state index >= 15 is 0 Å². The van der Waals surface area contributed by atoms with Crippen LogP contribution in [-0.2, 0) is 0 Å². The molecule has 0 bridgehead atoms. The zero-order valence-corrected chi connectivity index (χ0v) is 20.5. The predicted octanol–water partition coefficient (Wildman–Crippen LogP) is 6.38. The van der Waals surface area contributed by atoms with Crippen molar-refractivity contribution in [3.05, 3.63) is 84.1 Å². The van der Waals surface area contributed by atoms with Gasteiger partial charge in [-0.15, -0.1) is 13.2 Å². The summed E-state index contributed by atoms with van der Waals surface area (Å²) in [6, 6.07) is 17.1. The third-order valence-corrected chi connectivity index (χ3v) is 6.18. The maximum Gasteiger partial charge on any atom is 0.573 e. The molecular weight excluding hydrogens is 514 g/mol. The van der Waals surface area contributed by atoms with Gasteiger partial charge in [-0.05, 0) is 73.5 Å². The number of nitrogens with zero attached hydrogens (tertiary/aromatic N) is 4. The highest BCUT2D eigenvalue weighted by atomic mass is 19.4. The summed E-state index contributed by atoms with van der Waals surface area (Å²) in [5, 5.41) is 4.00. The smallest absolute Gasteiger partial charge is 0.480 e. The number of rotatable bonds is 6. The van der Waals surface area contributed by atoms with E-state index < -0.39 is 12.2 Å². The molecule has 2 aromatic carbocycles. The van der Waals surface area contributed by atoms with Crippen LogP contribution in [0.15, 0.2) is 77.9 Å². The summed E-state index contributed by atoms with van der Waals surface area (Å²) in [5.74, 6) is -0.422. The average Bonchev–Trinajstić information content (AvgIpc) is 3.72. The molecule has 6 rings (SSSR count). The number of nitrogens with one attached hydrogen (secondary N) is 1. The van der Waals surface area contributed by atoms with Gasteiger partial charge in [0.15, 0.2) is 0 Å². The normalized spacial score (nSPS) is 14.1. The number of hydrogen-bond donors (Lipinski definition) is 1. The number of halogens is 4. The Bertz CT molecular complexity index is 1710. The van der Waals surface area contributed by atoms with Gasteiger partial charge in [0, 0.05) is 18.0 Å². The van der Waals surface area contributed by atoms with Gasteiger partial charge in [-0.1, -0.05) is 0 Å². The fourth-order valence-corrected chi connectivity index (χ4v) is 4.34. The number of ether oxygens (including phenoxy) is 2. The van der Waals surface area contributed by atoms with Crippen molar-refractivity contribution in [2.75, 3.05) is 12.4 Å². The molecule has 39 heavy (non-hydrogen) atoms. The molecule has 1 fully saturated rings. The van der Waals surface area contributed by atoms with E-state index in [0.29, 0.717) is 50.7 Å². The lowest BCUT2D eigenvalue weighted by Gasteiger charge is -2.21. The largest absolute Gasteiger partial charge is 0.573 e. The van der Waals surface area contributed by atoms with Crippen LogP contribution in [0, 0.1) is 5.82 Å². The lowest BCUT2D eigenvalue weighted by molar-refractivity contribution is -0.274. The molecule has 3 aliphatic rings. The zero-order chi connectivity index (χ0) is 27.1. The quantitative estimate of drug-likeness (QED) is 0.202. The van der Waals surface area contributed by atoms with E-state index in [1.807, 2.05) is 18.2 Å². The number of benzene rings is 3. The van der Waals surface area contributed by atoms with Crippen LogP contribution in [0.1, 0.15) is 12.8 Å². The van der Waals surface area contributed by atoms with Crippen LogP contribution in [0.4, 0.5) is 28.9 Å². The molecule has 2 heterocycles. The van der Waals surface area contributed by atoms with Crippen molar-refractivity contribution < 1.29 is 27.0 Å². The monoisotopic (exact) mass is 535 g/mol. The van der Waals surface area contributed by atoms with Crippen LogP contribution in [0.5, 0.6) is 11.6 Å². The Kier molecular flexibility index (Phi) is 6.05. The molecule has 1 aromatic heterocycles. The van der Waals surface area contributed by atoms with Gasteiger partial charge in [-0.25, -0.2) is 14.4 Å². The maximum absolute atomic E-state index is 14.4. The molecule has 1 N–H and O–H groups in total. The third kappa shape index (κ3) is 5.20. The standard InChI is InChI=1S/C28H21F4N5O2/c1-38-27-21(3-2-12-33-27)36-22-14-24-26(15-23(22)34-17-5-6-17)37(25-13-16(29)4-11-20(25)35-24)18-7-9-19(10-8-18)39-28(30,31)32/h2-4,7-15,17,36H,5-6H2,1H3/b34-23+. The zero-order valence-electron chi connectivity index (χ0n) is 20.5. The van der Waals surface area contributed by atoms with Crippen molar-refractivity contribution in [1.82, 2.24) is 14.5 Å². The number of anilines is 2. The number of alkyl halides is 3. The van der Waals surface area contributed by atoms with E-state index in [2.05, 4.69) is 15.0 Å². The first kappa shape index (κ1) is 24.7. The number of fused-ring (bicyclic) bond motifs is 2. The molecule has 3 aromatic rings. The Balaban J connectivity index is 1.57. The molecule has 0 amide bonds. The molecule has 0 atom stereocenters. The summed E-state index contributed by atoms with van der Waals surface area (Å²) in [6.45, 7) is 0. The number of pyridine rings is 1. The predicted molar refractivity (Wildman–Crippen MR) is 137 cm³/mol. The summed E-state index contributed by atoms with van der Waals surface area (Å²) < 4.78 is 63.7. The number of methoxy groups -OCH3 is 1. The van der Waals surface area contributed by atoms with Gasteiger partial charge >= 0.3 is 6.36 Å². The van der Waals surface area contributed by atoms with Gasteiger partial charge in [0.2, 0.25) is 5.88 Å². The first-order valence-corrected chi connectivity index (χ1v) is 12.1. The first-order valence-electron chi connectivity index (χ1n) is 12.1. The van der Waals surface area contributed by atoms with Crippen molar-refractivity contribution in [2.45, 2.75) is 25.2 Å². The number of hydrogen-bond acceptors (Lipinski definition) is 6. The molecule has 1 aliphatic heterocycles. The Morgan fingerprint density at radius 2 is 1.79 bits per heavy atom. The van der Waals surface area contributed by atoms with E-state index in [-0.39, 0.29) is 11.8 Å². The summed E-state index contributed by atoms with van der Waals surface area (Å²) in [6.07, 6.45) is -1.25. The third-order valence-electron chi connectivity index (χ3n) is 6.18. The van der Waals surface area contributed by atoms with E-state index in [1.54, 1.807) is 22.9 Å². The highest BCUT2D eigenvalue weighted by molar-refractivity contribution is 5.84. The van der Waals surface area contributed by atoms with Crippen LogP contribution in [0.3, 0.4) is 0 Å². The molecule has 0 unspecified atom stereocenters. The minimum Gasteiger partial charge on any atom is -0.480 e. The average molecular weight is 536 g/mol. The number of aromatic nitrogens is 3. The first-order chi connectivity index (χ1) is 18.8. The summed E-state index contributed by atoms with van der Waals surface area (Å²) in [4.78, 5) is 13.9. The highest BCUT2D eigenvalue weighted by Crippen LogP contribution is 2.33. The molecule has 0 radical (unpaired) electrons. The summed E-state index contributed by atoms with van der Waals surface area (Å²) >= 11 is 0. The van der Waals surface area contributed by atoms with Gasteiger partial charge in [0.1, 0.15) is 17.3 Å². The second-order valence-corrected chi connectivity index (χ2v) is 9.03. The minimum atomic E-state index is -4.81. The SMILES string of the molecule is COc1ncccc1Nc1cc2nc3ccc(F)cc3n(-c3ccc(OC(F)(F)F)cc3)c-2c/c1=N\C1CC1. The van der Waals surface area contributed by atoms with E-state index in [9.17, 15) is 17.6 Å². The molecule has 11 heteroatoms. The molecule has 2 aliphatic carbocycles. The van der Waals surface area contributed by atoms with Gasteiger partial charge in [-0.3, -0.25) is 4.99 Å². The van der Waals surface area contributed by atoms with Crippen LogP contribution in [0.2, 0.25) is 0 Å². The van der Waals surface area contributed by atoms with Gasteiger partial charge < -0.3 is 19.4 Å². The second kappa shape index (κ2) is 9.57. The van der Waals surface area contributed by atoms with Crippen LogP contribution >= 0.6 is 0 Å². The lowest BCUT2D eigenvalue weighted by Crippen LogP contribution is -2.17. The van der Waals surface area contributed by atoms with Crippen molar-refractivity contribution in [3.8, 4) is 28.7 Å². The van der Waals surface area contributed by atoms with Gasteiger partial charge in [0.25, 0.3) is 0 Å². The van der Waals surface area contributed by atoms with Crippen molar-refractivity contribution >= 4 is 22.4 Å². The molecule has 0 saturated heterocycles.